The van der Waals surface area contributed by atoms with Crippen LogP contribution in [0.25, 0.3) is 0 Å². The summed E-state index contributed by atoms with van der Waals surface area (Å²) in [7, 11) is 1.46. The first kappa shape index (κ1) is 15.2. The highest BCUT2D eigenvalue weighted by Gasteiger charge is 2.48. The molecule has 0 radical (unpaired) electrons. The van der Waals surface area contributed by atoms with Crippen LogP contribution in [-0.2, 0) is 9.53 Å². The van der Waals surface area contributed by atoms with Crippen molar-refractivity contribution in [2.24, 2.45) is 11.8 Å². The van der Waals surface area contributed by atoms with Gasteiger partial charge in [-0.3, -0.25) is 0 Å². The number of methoxy groups -OCH3 is 1. The number of hydrogen-bond donors (Lipinski definition) is 1. The van der Waals surface area contributed by atoms with Crippen LogP contribution in [0.2, 0.25) is 5.02 Å². The molecule has 1 aromatic rings. The summed E-state index contributed by atoms with van der Waals surface area (Å²) < 4.78 is 5.08. The summed E-state index contributed by atoms with van der Waals surface area (Å²) in [5.41, 5.74) is 0.265. The number of ether oxygens (including phenoxy) is 1. The Morgan fingerprint density at radius 3 is 2.60 bits per heavy atom. The van der Waals surface area contributed by atoms with E-state index < -0.39 is 5.54 Å². The molecule has 1 fully saturated rings. The molecular formula is C16H22ClNO2. The third-order valence-electron chi connectivity index (χ3n) is 4.62. The fourth-order valence-electron chi connectivity index (χ4n) is 3.15. The molecule has 0 spiro atoms. The minimum atomic E-state index is -0.639. The second-order valence-electron chi connectivity index (χ2n) is 5.75. The molecular weight excluding hydrogens is 274 g/mol. The van der Waals surface area contributed by atoms with E-state index in [4.69, 9.17) is 16.3 Å². The lowest BCUT2D eigenvalue weighted by molar-refractivity contribution is -0.150. The normalized spacial score (nSPS) is 29.8. The Balaban J connectivity index is 2.32. The SMILES string of the molecule is COC(=O)C1(Nc2ccc(Cl)cc2)CCCC(C)C1C. The monoisotopic (exact) mass is 295 g/mol. The van der Waals surface area contributed by atoms with E-state index in [0.717, 1.165) is 24.9 Å². The largest absolute Gasteiger partial charge is 0.467 e. The summed E-state index contributed by atoms with van der Waals surface area (Å²) in [5.74, 6) is 0.536. The van der Waals surface area contributed by atoms with Gasteiger partial charge in [-0.05, 0) is 42.5 Å². The van der Waals surface area contributed by atoms with Crippen LogP contribution >= 0.6 is 11.6 Å². The summed E-state index contributed by atoms with van der Waals surface area (Å²) in [5, 5.41) is 4.11. The van der Waals surface area contributed by atoms with Crippen molar-refractivity contribution in [2.45, 2.75) is 38.6 Å². The lowest BCUT2D eigenvalue weighted by Crippen LogP contribution is -2.56. The van der Waals surface area contributed by atoms with E-state index in [1.165, 1.54) is 7.11 Å². The smallest absolute Gasteiger partial charge is 0.331 e. The minimum Gasteiger partial charge on any atom is -0.467 e. The van der Waals surface area contributed by atoms with Crippen LogP contribution < -0.4 is 5.32 Å². The van der Waals surface area contributed by atoms with Gasteiger partial charge in [-0.25, -0.2) is 4.79 Å². The first-order chi connectivity index (χ1) is 9.49. The molecule has 1 aliphatic carbocycles. The predicted molar refractivity (Wildman–Crippen MR) is 82.0 cm³/mol. The average Bonchev–Trinajstić information content (AvgIpc) is 2.45. The van der Waals surface area contributed by atoms with Crippen LogP contribution in [0.4, 0.5) is 5.69 Å². The Labute approximate surface area is 125 Å². The Morgan fingerprint density at radius 1 is 1.35 bits per heavy atom. The molecule has 1 saturated carbocycles. The lowest BCUT2D eigenvalue weighted by Gasteiger charge is -2.44. The Kier molecular flexibility index (Phi) is 4.59. The fourth-order valence-corrected chi connectivity index (χ4v) is 3.28. The van der Waals surface area contributed by atoms with Crippen molar-refractivity contribution in [1.29, 1.82) is 0 Å². The number of esters is 1. The van der Waals surface area contributed by atoms with Crippen molar-refractivity contribution in [3.63, 3.8) is 0 Å². The number of anilines is 1. The fraction of sp³-hybridized carbons (Fsp3) is 0.562. The number of rotatable bonds is 3. The van der Waals surface area contributed by atoms with Crippen molar-refractivity contribution in [3.8, 4) is 0 Å². The van der Waals surface area contributed by atoms with E-state index in [2.05, 4.69) is 19.2 Å². The number of hydrogen-bond acceptors (Lipinski definition) is 3. The Bertz CT molecular complexity index is 474. The number of halogens is 1. The maximum Gasteiger partial charge on any atom is 0.331 e. The van der Waals surface area contributed by atoms with Crippen molar-refractivity contribution in [3.05, 3.63) is 29.3 Å². The first-order valence-electron chi connectivity index (χ1n) is 7.12. The molecule has 20 heavy (non-hydrogen) atoms. The van der Waals surface area contributed by atoms with E-state index in [0.29, 0.717) is 10.9 Å². The van der Waals surface area contributed by atoms with E-state index in [1.54, 1.807) is 0 Å². The van der Waals surface area contributed by atoms with Gasteiger partial charge < -0.3 is 10.1 Å². The van der Waals surface area contributed by atoms with Crippen LogP contribution in [0.3, 0.4) is 0 Å². The van der Waals surface area contributed by atoms with Gasteiger partial charge in [0.2, 0.25) is 0 Å². The molecule has 110 valence electrons. The first-order valence-corrected chi connectivity index (χ1v) is 7.49. The topological polar surface area (TPSA) is 38.3 Å². The van der Waals surface area contributed by atoms with Gasteiger partial charge >= 0.3 is 5.97 Å². The predicted octanol–water partition coefficient (Wildman–Crippen LogP) is 4.12. The van der Waals surface area contributed by atoms with Crippen LogP contribution in [0.15, 0.2) is 24.3 Å². The summed E-state index contributed by atoms with van der Waals surface area (Å²) in [6, 6.07) is 7.45. The molecule has 0 heterocycles. The Morgan fingerprint density at radius 2 is 2.00 bits per heavy atom. The molecule has 2 rings (SSSR count). The number of nitrogens with one attached hydrogen (secondary N) is 1. The van der Waals surface area contributed by atoms with Gasteiger partial charge in [0.1, 0.15) is 5.54 Å². The standard InChI is InChI=1S/C16H22ClNO2/c1-11-5-4-10-16(12(11)2,15(19)20-3)18-14-8-6-13(17)7-9-14/h6-9,11-12,18H,4-5,10H2,1-3H3. The van der Waals surface area contributed by atoms with Crippen LogP contribution in [0.5, 0.6) is 0 Å². The maximum absolute atomic E-state index is 12.4. The lowest BCUT2D eigenvalue weighted by atomic mass is 9.68. The van der Waals surface area contributed by atoms with Gasteiger partial charge in [0.25, 0.3) is 0 Å². The zero-order chi connectivity index (χ0) is 14.8. The van der Waals surface area contributed by atoms with Gasteiger partial charge in [-0.15, -0.1) is 0 Å². The highest BCUT2D eigenvalue weighted by atomic mass is 35.5. The van der Waals surface area contributed by atoms with Gasteiger partial charge in [0, 0.05) is 10.7 Å². The highest BCUT2D eigenvalue weighted by molar-refractivity contribution is 6.30. The third kappa shape index (κ3) is 2.78. The van der Waals surface area contributed by atoms with Crippen LogP contribution in [0, 0.1) is 11.8 Å². The molecule has 0 bridgehead atoms. The Hall–Kier alpha value is -1.22. The average molecular weight is 296 g/mol. The second kappa shape index (κ2) is 6.04. The molecule has 0 aliphatic heterocycles. The number of carbonyl (C=O) groups excluding carboxylic acids is 1. The molecule has 3 unspecified atom stereocenters. The van der Waals surface area contributed by atoms with Crippen LogP contribution in [0.1, 0.15) is 33.1 Å². The van der Waals surface area contributed by atoms with Crippen molar-refractivity contribution in [2.75, 3.05) is 12.4 Å². The van der Waals surface area contributed by atoms with E-state index in [1.807, 2.05) is 24.3 Å². The summed E-state index contributed by atoms with van der Waals surface area (Å²) >= 11 is 5.91. The van der Waals surface area contributed by atoms with Gasteiger partial charge in [0.05, 0.1) is 7.11 Å². The summed E-state index contributed by atoms with van der Waals surface area (Å²) in [6.45, 7) is 4.33. The quantitative estimate of drug-likeness (QED) is 0.853. The summed E-state index contributed by atoms with van der Waals surface area (Å²) in [6.07, 6.45) is 2.98. The zero-order valence-corrected chi connectivity index (χ0v) is 13.0. The number of benzene rings is 1. The van der Waals surface area contributed by atoms with Gasteiger partial charge in [-0.2, -0.15) is 0 Å². The zero-order valence-electron chi connectivity index (χ0n) is 12.3. The van der Waals surface area contributed by atoms with Gasteiger partial charge in [-0.1, -0.05) is 38.3 Å². The van der Waals surface area contributed by atoms with Gasteiger partial charge in [0.15, 0.2) is 0 Å². The van der Waals surface area contributed by atoms with E-state index in [9.17, 15) is 4.79 Å². The minimum absolute atomic E-state index is 0.175. The molecule has 4 heteroatoms. The molecule has 0 amide bonds. The second-order valence-corrected chi connectivity index (χ2v) is 6.19. The highest BCUT2D eigenvalue weighted by Crippen LogP contribution is 2.40. The van der Waals surface area contributed by atoms with Crippen molar-refractivity contribution >= 4 is 23.3 Å². The maximum atomic E-state index is 12.4. The molecule has 1 aromatic carbocycles. The molecule has 0 aromatic heterocycles. The third-order valence-corrected chi connectivity index (χ3v) is 4.87. The molecule has 3 atom stereocenters. The van der Waals surface area contributed by atoms with Crippen molar-refractivity contribution < 1.29 is 9.53 Å². The molecule has 1 N–H and O–H groups in total. The van der Waals surface area contributed by atoms with E-state index in [-0.39, 0.29) is 11.9 Å². The number of carbonyl (C=O) groups is 1. The molecule has 3 nitrogen and oxygen atoms in total. The van der Waals surface area contributed by atoms with Crippen molar-refractivity contribution in [1.82, 2.24) is 0 Å². The molecule has 1 aliphatic rings. The summed E-state index contributed by atoms with van der Waals surface area (Å²) in [4.78, 5) is 12.4. The van der Waals surface area contributed by atoms with Crippen LogP contribution in [-0.4, -0.2) is 18.6 Å². The van der Waals surface area contributed by atoms with E-state index >= 15 is 0 Å². The molecule has 0 saturated heterocycles.